The molecule has 5 rings (SSSR count). The van der Waals surface area contributed by atoms with Gasteiger partial charge in [0.15, 0.2) is 0 Å². The van der Waals surface area contributed by atoms with E-state index in [1.165, 1.54) is 0 Å². The fraction of sp³-hybridized carbons (Fsp3) is 0.273. The number of imidazole rings is 1. The Hall–Kier alpha value is -3.43. The molecule has 0 spiro atoms. The molecule has 0 saturated carbocycles. The van der Waals surface area contributed by atoms with Gasteiger partial charge >= 0.3 is 0 Å². The summed E-state index contributed by atoms with van der Waals surface area (Å²) in [5.41, 5.74) is 3.49. The van der Waals surface area contributed by atoms with Gasteiger partial charge in [0.25, 0.3) is 5.91 Å². The summed E-state index contributed by atoms with van der Waals surface area (Å²) in [5.74, 6) is 0.425. The standard InChI is InChI=1S/C22H23ClN8O/c1-30-12-19(26-13-30)17-3-5-25-22(29-17)27-15-9-14-10-18(28-20(14)16(23)11-15)21(32)31-7-2-4-24-6-8-31/h3,5,9-13,24,28H,2,4,6-8H2,1H3,(H,25,27,29). The SMILES string of the molecule is Cn1cnc(-c2ccnc(Nc3cc(Cl)c4[nH]c(C(=O)N5CCCNCC5)cc4c3)n2)c1. The highest BCUT2D eigenvalue weighted by atomic mass is 35.5. The number of aryl methyl sites for hydroxylation is 1. The molecule has 0 radical (unpaired) electrons. The third kappa shape index (κ3) is 4.17. The molecule has 1 saturated heterocycles. The zero-order valence-electron chi connectivity index (χ0n) is 17.6. The van der Waals surface area contributed by atoms with E-state index in [1.807, 2.05) is 40.9 Å². The van der Waals surface area contributed by atoms with Crippen LogP contribution < -0.4 is 10.6 Å². The van der Waals surface area contributed by atoms with E-state index in [2.05, 4.69) is 30.6 Å². The summed E-state index contributed by atoms with van der Waals surface area (Å²) < 4.78 is 1.87. The van der Waals surface area contributed by atoms with Crippen LogP contribution in [0.3, 0.4) is 0 Å². The van der Waals surface area contributed by atoms with Gasteiger partial charge in [-0.1, -0.05) is 11.6 Å². The molecule has 3 aromatic heterocycles. The predicted octanol–water partition coefficient (Wildman–Crippen LogP) is 3.19. The van der Waals surface area contributed by atoms with Gasteiger partial charge in [-0.2, -0.15) is 0 Å². The minimum atomic E-state index is -0.0122. The lowest BCUT2D eigenvalue weighted by atomic mass is 10.2. The van der Waals surface area contributed by atoms with Crippen LogP contribution in [0.25, 0.3) is 22.3 Å². The van der Waals surface area contributed by atoms with Gasteiger partial charge < -0.3 is 25.1 Å². The summed E-state index contributed by atoms with van der Waals surface area (Å²) in [5, 5.41) is 7.88. The lowest BCUT2D eigenvalue weighted by Crippen LogP contribution is -2.34. The van der Waals surface area contributed by atoms with Crippen molar-refractivity contribution >= 4 is 40.0 Å². The van der Waals surface area contributed by atoms with E-state index in [0.29, 0.717) is 23.2 Å². The van der Waals surface area contributed by atoms with E-state index in [4.69, 9.17) is 11.6 Å². The smallest absolute Gasteiger partial charge is 0.270 e. The molecule has 0 bridgehead atoms. The molecular weight excluding hydrogens is 428 g/mol. The zero-order valence-corrected chi connectivity index (χ0v) is 18.4. The number of amides is 1. The fourth-order valence-corrected chi connectivity index (χ4v) is 4.12. The number of nitrogens with one attached hydrogen (secondary N) is 3. The van der Waals surface area contributed by atoms with Crippen molar-refractivity contribution in [1.82, 2.24) is 34.7 Å². The molecule has 1 aliphatic heterocycles. The number of H-pyrrole nitrogens is 1. The summed E-state index contributed by atoms with van der Waals surface area (Å²) >= 11 is 6.53. The van der Waals surface area contributed by atoms with E-state index in [9.17, 15) is 4.79 Å². The van der Waals surface area contributed by atoms with E-state index in [0.717, 1.165) is 54.0 Å². The lowest BCUT2D eigenvalue weighted by Gasteiger charge is -2.18. The van der Waals surface area contributed by atoms with E-state index in [1.54, 1.807) is 18.6 Å². The second-order valence-corrected chi connectivity index (χ2v) is 8.22. The van der Waals surface area contributed by atoms with Gasteiger partial charge in [-0.05, 0) is 37.2 Å². The number of anilines is 2. The molecule has 164 valence electrons. The van der Waals surface area contributed by atoms with Crippen LogP contribution in [0.2, 0.25) is 5.02 Å². The third-order valence-corrected chi connectivity index (χ3v) is 5.72. The number of hydrogen-bond acceptors (Lipinski definition) is 6. The molecular formula is C22H23ClN8O. The summed E-state index contributed by atoms with van der Waals surface area (Å²) in [4.78, 5) is 31.2. The molecule has 1 amide bonds. The number of carbonyl (C=O) groups excluding carboxylic acids is 1. The number of aromatic amines is 1. The van der Waals surface area contributed by atoms with Gasteiger partial charge in [0.05, 0.1) is 22.6 Å². The van der Waals surface area contributed by atoms with Gasteiger partial charge in [-0.25, -0.2) is 15.0 Å². The van der Waals surface area contributed by atoms with Gasteiger partial charge in [0.1, 0.15) is 11.4 Å². The van der Waals surface area contributed by atoms with Crippen molar-refractivity contribution in [3.63, 3.8) is 0 Å². The summed E-state index contributed by atoms with van der Waals surface area (Å²) in [6.45, 7) is 3.17. The van der Waals surface area contributed by atoms with Crippen molar-refractivity contribution in [3.05, 3.63) is 53.7 Å². The van der Waals surface area contributed by atoms with E-state index >= 15 is 0 Å². The Morgan fingerprint density at radius 2 is 2.06 bits per heavy atom. The Balaban J connectivity index is 1.40. The van der Waals surface area contributed by atoms with E-state index < -0.39 is 0 Å². The minimum Gasteiger partial charge on any atom is -0.349 e. The molecule has 4 aromatic rings. The third-order valence-electron chi connectivity index (χ3n) is 5.42. The fourth-order valence-electron chi connectivity index (χ4n) is 3.84. The zero-order chi connectivity index (χ0) is 22.1. The largest absolute Gasteiger partial charge is 0.349 e. The first kappa shape index (κ1) is 20.5. The van der Waals surface area contributed by atoms with Crippen LogP contribution in [0.4, 0.5) is 11.6 Å². The number of aromatic nitrogens is 5. The molecule has 0 unspecified atom stereocenters. The number of hydrogen-bond donors (Lipinski definition) is 3. The van der Waals surface area contributed by atoms with Gasteiger partial charge in [0, 0.05) is 50.1 Å². The van der Waals surface area contributed by atoms with Gasteiger partial charge in [0.2, 0.25) is 5.95 Å². The number of rotatable bonds is 4. The first-order valence-electron chi connectivity index (χ1n) is 10.5. The van der Waals surface area contributed by atoms with Crippen LogP contribution in [0.5, 0.6) is 0 Å². The molecule has 0 atom stereocenters. The topological polar surface area (TPSA) is 104 Å². The monoisotopic (exact) mass is 450 g/mol. The maximum absolute atomic E-state index is 13.0. The summed E-state index contributed by atoms with van der Waals surface area (Å²) in [6.07, 6.45) is 6.25. The first-order valence-corrected chi connectivity index (χ1v) is 10.9. The Kier molecular flexibility index (Phi) is 5.50. The molecule has 1 fully saturated rings. The van der Waals surface area contributed by atoms with Gasteiger partial charge in [-0.3, -0.25) is 4.79 Å². The normalized spacial score (nSPS) is 14.5. The number of benzene rings is 1. The van der Waals surface area contributed by atoms with Crippen LogP contribution >= 0.6 is 11.6 Å². The quantitative estimate of drug-likeness (QED) is 0.441. The number of nitrogens with zero attached hydrogens (tertiary/aromatic N) is 5. The predicted molar refractivity (Wildman–Crippen MR) is 124 cm³/mol. The average molecular weight is 451 g/mol. The molecule has 9 nitrogen and oxygen atoms in total. The van der Waals surface area contributed by atoms with Crippen LogP contribution in [0, 0.1) is 0 Å². The van der Waals surface area contributed by atoms with Crippen molar-refractivity contribution in [2.24, 2.45) is 7.05 Å². The van der Waals surface area contributed by atoms with Crippen LogP contribution in [0.1, 0.15) is 16.9 Å². The molecule has 1 aliphatic rings. The second kappa shape index (κ2) is 8.60. The first-order chi connectivity index (χ1) is 15.6. The van der Waals surface area contributed by atoms with Crippen LogP contribution in [-0.2, 0) is 7.05 Å². The van der Waals surface area contributed by atoms with Crippen molar-refractivity contribution in [3.8, 4) is 11.4 Å². The lowest BCUT2D eigenvalue weighted by molar-refractivity contribution is 0.0761. The summed E-state index contributed by atoms with van der Waals surface area (Å²) in [6, 6.07) is 7.38. The molecule has 32 heavy (non-hydrogen) atoms. The van der Waals surface area contributed by atoms with Crippen molar-refractivity contribution in [2.45, 2.75) is 6.42 Å². The van der Waals surface area contributed by atoms with Crippen molar-refractivity contribution in [2.75, 3.05) is 31.5 Å². The number of fused-ring (bicyclic) bond motifs is 1. The van der Waals surface area contributed by atoms with Crippen LogP contribution in [-0.4, -0.2) is 61.5 Å². The Morgan fingerprint density at radius 1 is 1.16 bits per heavy atom. The van der Waals surface area contributed by atoms with E-state index in [-0.39, 0.29) is 5.91 Å². The maximum Gasteiger partial charge on any atom is 0.270 e. The maximum atomic E-state index is 13.0. The number of halogens is 1. The van der Waals surface area contributed by atoms with Crippen LogP contribution in [0.15, 0.2) is 43.0 Å². The van der Waals surface area contributed by atoms with Crippen molar-refractivity contribution < 1.29 is 4.79 Å². The highest BCUT2D eigenvalue weighted by Crippen LogP contribution is 2.30. The average Bonchev–Trinajstić information content (AvgIpc) is 3.31. The molecule has 0 aliphatic carbocycles. The molecule has 1 aromatic carbocycles. The Bertz CT molecular complexity index is 1270. The Labute approximate surface area is 189 Å². The van der Waals surface area contributed by atoms with Crippen molar-refractivity contribution in [1.29, 1.82) is 0 Å². The number of carbonyl (C=O) groups is 1. The molecule has 3 N–H and O–H groups in total. The Morgan fingerprint density at radius 3 is 2.91 bits per heavy atom. The summed E-state index contributed by atoms with van der Waals surface area (Å²) in [7, 11) is 1.91. The highest BCUT2D eigenvalue weighted by molar-refractivity contribution is 6.35. The second-order valence-electron chi connectivity index (χ2n) is 7.82. The minimum absolute atomic E-state index is 0.0122. The highest BCUT2D eigenvalue weighted by Gasteiger charge is 2.20. The van der Waals surface area contributed by atoms with Gasteiger partial charge in [-0.15, -0.1) is 0 Å². The molecule has 4 heterocycles. The molecule has 10 heteroatoms.